The summed E-state index contributed by atoms with van der Waals surface area (Å²) in [6.07, 6.45) is 6.36. The summed E-state index contributed by atoms with van der Waals surface area (Å²) in [5.41, 5.74) is 1.83. The average molecular weight is 479 g/mol. The fourth-order valence-electron chi connectivity index (χ4n) is 5.44. The van der Waals surface area contributed by atoms with E-state index < -0.39 is 12.1 Å². The van der Waals surface area contributed by atoms with Crippen LogP contribution in [0.15, 0.2) is 60.7 Å². The van der Waals surface area contributed by atoms with Gasteiger partial charge in [-0.25, -0.2) is 4.79 Å². The van der Waals surface area contributed by atoms with Crippen LogP contribution >= 0.6 is 11.8 Å². The number of amides is 2. The van der Waals surface area contributed by atoms with Gasteiger partial charge < -0.3 is 15.0 Å². The van der Waals surface area contributed by atoms with E-state index in [2.05, 4.69) is 5.32 Å². The van der Waals surface area contributed by atoms with Gasteiger partial charge in [0.2, 0.25) is 11.8 Å². The Morgan fingerprint density at radius 3 is 2.21 bits per heavy atom. The van der Waals surface area contributed by atoms with Gasteiger partial charge in [0.15, 0.2) is 0 Å². The van der Waals surface area contributed by atoms with Gasteiger partial charge >= 0.3 is 5.97 Å². The van der Waals surface area contributed by atoms with Crippen molar-refractivity contribution >= 4 is 29.5 Å². The van der Waals surface area contributed by atoms with Crippen molar-refractivity contribution in [3.8, 4) is 0 Å². The van der Waals surface area contributed by atoms with Crippen molar-refractivity contribution in [3.05, 3.63) is 71.8 Å². The molecule has 7 heteroatoms. The second kappa shape index (κ2) is 9.82. The standard InChI is InChI=1S/C27H30N2O4S/c30-21(17-19-11-5-3-6-12-19)28-22-24(31)29-23(26(32)33-18-20-13-7-4-8-14-20)27(34-25(22)29)15-9-1-2-10-16-27/h3-8,11-14,22-23,25H,1-2,9-10,15-18H2,(H,28,30)/t22?,23?,25-/m0/s1. The van der Waals surface area contributed by atoms with Gasteiger partial charge in [-0.15, -0.1) is 11.8 Å². The van der Waals surface area contributed by atoms with Crippen LogP contribution in [0.25, 0.3) is 0 Å². The molecule has 2 saturated heterocycles. The fourth-order valence-corrected chi connectivity index (χ4v) is 7.44. The zero-order valence-corrected chi connectivity index (χ0v) is 20.0. The number of thioether (sulfide) groups is 1. The molecule has 2 heterocycles. The number of carbonyl (C=O) groups excluding carboxylic acids is 3. The first-order chi connectivity index (χ1) is 16.6. The van der Waals surface area contributed by atoms with Gasteiger partial charge in [0.25, 0.3) is 0 Å². The molecule has 6 nitrogen and oxygen atoms in total. The van der Waals surface area contributed by atoms with Crippen molar-refractivity contribution in [2.45, 2.75) is 73.8 Å². The van der Waals surface area contributed by atoms with E-state index in [1.165, 1.54) is 0 Å². The molecule has 2 aromatic carbocycles. The molecule has 1 aliphatic carbocycles. The number of carbonyl (C=O) groups is 3. The summed E-state index contributed by atoms with van der Waals surface area (Å²) in [5.74, 6) is -0.681. The minimum atomic E-state index is -0.598. The third-order valence-electron chi connectivity index (χ3n) is 7.13. The Labute approximate surface area is 204 Å². The molecule has 2 aliphatic heterocycles. The molecule has 5 rings (SSSR count). The highest BCUT2D eigenvalue weighted by Crippen LogP contribution is 2.56. The number of rotatable bonds is 6. The minimum Gasteiger partial charge on any atom is -0.459 e. The molecule has 1 N–H and O–H groups in total. The van der Waals surface area contributed by atoms with E-state index in [0.29, 0.717) is 0 Å². The highest BCUT2D eigenvalue weighted by Gasteiger charge is 2.67. The van der Waals surface area contributed by atoms with Gasteiger partial charge in [-0.05, 0) is 24.0 Å². The van der Waals surface area contributed by atoms with Gasteiger partial charge in [0.05, 0.1) is 6.42 Å². The van der Waals surface area contributed by atoms with E-state index in [9.17, 15) is 14.4 Å². The molecule has 0 aromatic heterocycles. The predicted octanol–water partition coefficient (Wildman–Crippen LogP) is 3.83. The van der Waals surface area contributed by atoms with E-state index in [-0.39, 0.29) is 40.9 Å². The molecule has 3 aliphatic rings. The molecule has 1 spiro atoms. The van der Waals surface area contributed by atoms with Crippen molar-refractivity contribution < 1.29 is 19.1 Å². The van der Waals surface area contributed by atoms with Gasteiger partial charge in [-0.2, -0.15) is 0 Å². The number of β-lactam (4-membered cyclic amide) rings is 1. The summed E-state index contributed by atoms with van der Waals surface area (Å²) in [5, 5.41) is 2.72. The van der Waals surface area contributed by atoms with Gasteiger partial charge in [-0.3, -0.25) is 9.59 Å². The Bertz CT molecular complexity index is 1040. The largest absolute Gasteiger partial charge is 0.459 e. The van der Waals surface area contributed by atoms with Gasteiger partial charge in [0.1, 0.15) is 24.1 Å². The van der Waals surface area contributed by atoms with E-state index in [4.69, 9.17) is 4.74 Å². The molecule has 1 saturated carbocycles. The van der Waals surface area contributed by atoms with E-state index in [0.717, 1.165) is 49.7 Å². The number of nitrogens with zero attached hydrogens (tertiary/aromatic N) is 1. The van der Waals surface area contributed by atoms with Crippen LogP contribution in [0.5, 0.6) is 0 Å². The molecule has 2 amide bonds. The predicted molar refractivity (Wildman–Crippen MR) is 131 cm³/mol. The van der Waals surface area contributed by atoms with Crippen LogP contribution < -0.4 is 5.32 Å². The van der Waals surface area contributed by atoms with Crippen LogP contribution in [0, 0.1) is 0 Å². The van der Waals surface area contributed by atoms with Crippen molar-refractivity contribution in [3.63, 3.8) is 0 Å². The fraction of sp³-hybridized carbons (Fsp3) is 0.444. The number of esters is 1. The SMILES string of the molecule is O=C(Cc1ccccc1)NC1C(=O)N2C(C(=O)OCc3ccccc3)C3(CCCCCC3)S[C@@H]12. The van der Waals surface area contributed by atoms with Crippen LogP contribution in [0.4, 0.5) is 0 Å². The second-order valence-electron chi connectivity index (χ2n) is 9.44. The van der Waals surface area contributed by atoms with Crippen LogP contribution in [0.1, 0.15) is 49.7 Å². The monoisotopic (exact) mass is 478 g/mol. The zero-order valence-electron chi connectivity index (χ0n) is 19.2. The van der Waals surface area contributed by atoms with Crippen molar-refractivity contribution in [2.24, 2.45) is 0 Å². The van der Waals surface area contributed by atoms with E-state index >= 15 is 0 Å². The van der Waals surface area contributed by atoms with Gasteiger partial charge in [0, 0.05) is 4.75 Å². The highest BCUT2D eigenvalue weighted by molar-refractivity contribution is 8.01. The summed E-state index contributed by atoms with van der Waals surface area (Å²) in [4.78, 5) is 41.0. The summed E-state index contributed by atoms with van der Waals surface area (Å²) >= 11 is 1.70. The number of fused-ring (bicyclic) bond motifs is 1. The molecule has 178 valence electrons. The Balaban J connectivity index is 1.31. The summed E-state index contributed by atoms with van der Waals surface area (Å²) in [7, 11) is 0. The molecular formula is C27H30N2O4S. The quantitative estimate of drug-likeness (QED) is 0.504. The second-order valence-corrected chi connectivity index (χ2v) is 11.0. The summed E-state index contributed by atoms with van der Waals surface area (Å²) in [6.45, 7) is 0.195. The highest BCUT2D eigenvalue weighted by atomic mass is 32.2. The lowest BCUT2D eigenvalue weighted by atomic mass is 9.87. The third kappa shape index (κ3) is 4.45. The lowest BCUT2D eigenvalue weighted by Gasteiger charge is -2.44. The number of benzene rings is 2. The van der Waals surface area contributed by atoms with Crippen LogP contribution in [-0.4, -0.2) is 44.9 Å². The van der Waals surface area contributed by atoms with Crippen molar-refractivity contribution in [1.29, 1.82) is 0 Å². The Kier molecular flexibility index (Phi) is 6.63. The average Bonchev–Trinajstić information content (AvgIpc) is 2.96. The topological polar surface area (TPSA) is 75.7 Å². The Morgan fingerprint density at radius 1 is 0.941 bits per heavy atom. The maximum absolute atomic E-state index is 13.4. The molecule has 34 heavy (non-hydrogen) atoms. The Morgan fingerprint density at radius 2 is 1.56 bits per heavy atom. The summed E-state index contributed by atoms with van der Waals surface area (Å²) < 4.78 is 5.40. The first-order valence-electron chi connectivity index (χ1n) is 12.1. The molecule has 3 atom stereocenters. The maximum atomic E-state index is 13.4. The molecular weight excluding hydrogens is 448 g/mol. The molecule has 0 bridgehead atoms. The first-order valence-corrected chi connectivity index (χ1v) is 13.0. The number of hydrogen-bond donors (Lipinski definition) is 1. The summed E-state index contributed by atoms with van der Waals surface area (Å²) in [6, 6.07) is 17.9. The molecule has 2 unspecified atom stereocenters. The lowest BCUT2D eigenvalue weighted by Crippen LogP contribution is -2.71. The molecule has 3 fully saturated rings. The van der Waals surface area contributed by atoms with Crippen molar-refractivity contribution in [1.82, 2.24) is 10.2 Å². The van der Waals surface area contributed by atoms with Gasteiger partial charge in [-0.1, -0.05) is 86.3 Å². The van der Waals surface area contributed by atoms with Crippen LogP contribution in [-0.2, 0) is 32.1 Å². The smallest absolute Gasteiger partial charge is 0.330 e. The van der Waals surface area contributed by atoms with E-state index in [1.54, 1.807) is 16.7 Å². The number of hydrogen-bond acceptors (Lipinski definition) is 5. The van der Waals surface area contributed by atoms with Crippen LogP contribution in [0.3, 0.4) is 0 Å². The third-order valence-corrected chi connectivity index (χ3v) is 8.97. The molecule has 0 radical (unpaired) electrons. The first kappa shape index (κ1) is 23.0. The zero-order chi connectivity index (χ0) is 23.5. The number of nitrogens with one attached hydrogen (secondary N) is 1. The van der Waals surface area contributed by atoms with Crippen molar-refractivity contribution in [2.75, 3.05) is 0 Å². The normalized spacial score (nSPS) is 25.2. The van der Waals surface area contributed by atoms with Crippen LogP contribution in [0.2, 0.25) is 0 Å². The maximum Gasteiger partial charge on any atom is 0.330 e. The van der Waals surface area contributed by atoms with E-state index in [1.807, 2.05) is 60.7 Å². The minimum absolute atomic E-state index is 0.171. The lowest BCUT2D eigenvalue weighted by molar-refractivity contribution is -0.165. The number of ether oxygens (including phenoxy) is 1. The Hall–Kier alpha value is -2.80. The molecule has 2 aromatic rings.